The Morgan fingerprint density at radius 2 is 1.33 bits per heavy atom. The Morgan fingerprint density at radius 3 is 1.44 bits per heavy atom. The van der Waals surface area contributed by atoms with Gasteiger partial charge in [0.15, 0.2) is 5.41 Å². The molecule has 0 bridgehead atoms. The molecule has 7 nitrogen and oxygen atoms in total. The van der Waals surface area contributed by atoms with Crippen molar-refractivity contribution in [1.29, 1.82) is 0 Å². The SMILES string of the molecule is C=CCC(CC=C)(C(=O)O)C(=O)O.[Li+].[O-]B(O)O. The van der Waals surface area contributed by atoms with E-state index in [0.29, 0.717) is 0 Å². The Bertz CT molecular complexity index is 264. The molecule has 0 saturated heterocycles. The molecule has 0 aliphatic rings. The van der Waals surface area contributed by atoms with Gasteiger partial charge in [0.2, 0.25) is 0 Å². The van der Waals surface area contributed by atoms with Gasteiger partial charge in [0, 0.05) is 0 Å². The maximum atomic E-state index is 10.8. The van der Waals surface area contributed by atoms with E-state index in [1.165, 1.54) is 12.2 Å². The molecule has 0 aromatic carbocycles. The van der Waals surface area contributed by atoms with Gasteiger partial charge in [-0.2, -0.15) is 0 Å². The second kappa shape index (κ2) is 11.1. The third-order valence-electron chi connectivity index (χ3n) is 1.80. The fourth-order valence-electron chi connectivity index (χ4n) is 1.02. The topological polar surface area (TPSA) is 138 Å². The van der Waals surface area contributed by atoms with Gasteiger partial charge in [-0.25, -0.2) is 0 Å². The van der Waals surface area contributed by atoms with E-state index in [2.05, 4.69) is 13.2 Å². The second-order valence-electron chi connectivity index (χ2n) is 3.00. The van der Waals surface area contributed by atoms with E-state index in [1.807, 2.05) is 0 Å². The molecule has 0 aliphatic carbocycles. The van der Waals surface area contributed by atoms with E-state index >= 15 is 0 Å². The first-order chi connectivity index (χ1) is 7.74. The van der Waals surface area contributed by atoms with Gasteiger partial charge in [0.1, 0.15) is 0 Å². The summed E-state index contributed by atoms with van der Waals surface area (Å²) < 4.78 is 0. The molecule has 0 unspecified atom stereocenters. The maximum absolute atomic E-state index is 10.8. The van der Waals surface area contributed by atoms with Gasteiger partial charge < -0.3 is 25.3 Å². The van der Waals surface area contributed by atoms with Crippen molar-refractivity contribution in [2.45, 2.75) is 12.8 Å². The summed E-state index contributed by atoms with van der Waals surface area (Å²) in [6.45, 7) is 6.66. The zero-order valence-electron chi connectivity index (χ0n) is 10.1. The quantitative estimate of drug-likeness (QED) is 0.213. The van der Waals surface area contributed by atoms with Crippen LogP contribution in [0, 0.1) is 5.41 Å². The van der Waals surface area contributed by atoms with Crippen LogP contribution in [0.25, 0.3) is 0 Å². The van der Waals surface area contributed by atoms with Crippen LogP contribution in [0.4, 0.5) is 0 Å². The molecule has 0 aromatic heterocycles. The summed E-state index contributed by atoms with van der Waals surface area (Å²) in [7, 11) is -2.42. The minimum atomic E-state index is -2.42. The van der Waals surface area contributed by atoms with Crippen LogP contribution in [0.15, 0.2) is 25.3 Å². The maximum Gasteiger partial charge on any atom is 1.00 e. The number of carboxylic acids is 2. The van der Waals surface area contributed by atoms with E-state index < -0.39 is 24.7 Å². The van der Waals surface area contributed by atoms with E-state index in [9.17, 15) is 9.59 Å². The van der Waals surface area contributed by atoms with Gasteiger partial charge in [-0.05, 0) is 12.8 Å². The average Bonchev–Trinajstić information content (AvgIpc) is 2.15. The summed E-state index contributed by atoms with van der Waals surface area (Å²) in [5.41, 5.74) is -1.80. The minimum Gasteiger partial charge on any atom is -0.832 e. The van der Waals surface area contributed by atoms with E-state index in [0.717, 1.165) is 0 Å². The average molecular weight is 252 g/mol. The molecule has 9 heteroatoms. The van der Waals surface area contributed by atoms with E-state index in [4.69, 9.17) is 25.3 Å². The summed E-state index contributed by atoms with van der Waals surface area (Å²) in [6.07, 6.45) is 2.35. The van der Waals surface area contributed by atoms with Gasteiger partial charge in [-0.1, -0.05) is 12.2 Å². The summed E-state index contributed by atoms with van der Waals surface area (Å²) in [5.74, 6) is -2.72. The molecule has 0 amide bonds. The van der Waals surface area contributed by atoms with Crippen molar-refractivity contribution in [2.75, 3.05) is 0 Å². The third-order valence-corrected chi connectivity index (χ3v) is 1.80. The summed E-state index contributed by atoms with van der Waals surface area (Å²) >= 11 is 0. The first-order valence-electron chi connectivity index (χ1n) is 4.45. The monoisotopic (exact) mass is 252 g/mol. The van der Waals surface area contributed by atoms with Crippen LogP contribution in [0.3, 0.4) is 0 Å². The van der Waals surface area contributed by atoms with Crippen molar-refractivity contribution in [3.63, 3.8) is 0 Å². The molecule has 0 fully saturated rings. The van der Waals surface area contributed by atoms with Crippen LogP contribution >= 0.6 is 0 Å². The first kappa shape index (κ1) is 22.2. The number of allylic oxidation sites excluding steroid dienone is 2. The van der Waals surface area contributed by atoms with E-state index in [-0.39, 0.29) is 31.7 Å². The number of aliphatic carboxylic acids is 2. The van der Waals surface area contributed by atoms with E-state index in [1.54, 1.807) is 0 Å². The largest absolute Gasteiger partial charge is 1.00 e. The molecule has 0 aromatic rings. The van der Waals surface area contributed by atoms with Crippen molar-refractivity contribution in [3.05, 3.63) is 25.3 Å². The first-order valence-corrected chi connectivity index (χ1v) is 4.45. The van der Waals surface area contributed by atoms with Crippen LogP contribution < -0.4 is 23.9 Å². The van der Waals surface area contributed by atoms with Crippen molar-refractivity contribution < 1.29 is 53.7 Å². The van der Waals surface area contributed by atoms with Crippen molar-refractivity contribution >= 4 is 19.3 Å². The zero-order chi connectivity index (χ0) is 14.1. The summed E-state index contributed by atoms with van der Waals surface area (Å²) in [4.78, 5) is 21.5. The molecule has 0 saturated carbocycles. The molecule has 18 heavy (non-hydrogen) atoms. The number of carboxylic acid groups (broad SMARTS) is 2. The molecule has 0 spiro atoms. The van der Waals surface area contributed by atoms with Crippen molar-refractivity contribution in [2.24, 2.45) is 5.41 Å². The van der Waals surface area contributed by atoms with Gasteiger partial charge in [-0.3, -0.25) is 9.59 Å². The molecule has 0 radical (unpaired) electrons. The van der Waals surface area contributed by atoms with Crippen LogP contribution in [-0.2, 0) is 9.59 Å². The molecule has 0 aliphatic heterocycles. The van der Waals surface area contributed by atoms with Crippen molar-refractivity contribution in [1.82, 2.24) is 0 Å². The molecular formula is C9H14BLiO7. The zero-order valence-corrected chi connectivity index (χ0v) is 10.1. The van der Waals surface area contributed by atoms with Gasteiger partial charge in [0.25, 0.3) is 0 Å². The molecule has 0 rings (SSSR count). The van der Waals surface area contributed by atoms with Crippen LogP contribution in [0.5, 0.6) is 0 Å². The molecule has 0 heterocycles. The molecular weight excluding hydrogens is 238 g/mol. The standard InChI is InChI=1S/C9H12O4.BH2O3.Li/c1-3-5-9(6-4-2,7(10)11)8(12)13;2-1(3)4;/h3-4H,1-2,5-6H2,(H,10,11)(H,12,13);2-3H;/q;-1;+1. The molecule has 4 N–H and O–H groups in total. The van der Waals surface area contributed by atoms with Gasteiger partial charge in [-0.15, -0.1) is 13.2 Å². The summed E-state index contributed by atoms with van der Waals surface area (Å²) in [6, 6.07) is 0. The smallest absolute Gasteiger partial charge is 0.832 e. The van der Waals surface area contributed by atoms with Gasteiger partial charge in [0.05, 0.1) is 0 Å². The predicted octanol–water partition coefficient (Wildman–Crippen LogP) is -4.39. The number of carbonyl (C=O) groups is 2. The van der Waals surface area contributed by atoms with Gasteiger partial charge >= 0.3 is 38.1 Å². The molecule has 96 valence electrons. The predicted molar refractivity (Wildman–Crippen MR) is 57.5 cm³/mol. The Hall–Kier alpha value is -1.04. The normalized spacial score (nSPS) is 9.06. The fourth-order valence-corrected chi connectivity index (χ4v) is 1.02. The molecule has 0 atom stereocenters. The van der Waals surface area contributed by atoms with Crippen LogP contribution in [-0.4, -0.2) is 39.5 Å². The minimum absolute atomic E-state index is 0. The number of hydrogen-bond acceptors (Lipinski definition) is 5. The van der Waals surface area contributed by atoms with Crippen molar-refractivity contribution in [3.8, 4) is 0 Å². The Morgan fingerprint density at radius 1 is 1.11 bits per heavy atom. The summed E-state index contributed by atoms with van der Waals surface area (Å²) in [5, 5.41) is 40.3. The van der Waals surface area contributed by atoms with Crippen LogP contribution in [0.2, 0.25) is 0 Å². The van der Waals surface area contributed by atoms with Crippen LogP contribution in [0.1, 0.15) is 12.8 Å². The third kappa shape index (κ3) is 8.11. The second-order valence-corrected chi connectivity index (χ2v) is 3.00. The Balaban J connectivity index is -0.000000392. The number of rotatable bonds is 6. The Labute approximate surface area is 117 Å². The Kier molecular flexibility index (Phi) is 13.6. The fraction of sp³-hybridized carbons (Fsp3) is 0.333. The number of hydrogen-bond donors (Lipinski definition) is 4.